The SMILES string of the molecule is C=C(CC)C1CCC2C3CC/C(=C/C4=CC4)C(C)(C)C3CCC12C. The van der Waals surface area contributed by atoms with Crippen molar-refractivity contribution in [3.63, 3.8) is 0 Å². The Balaban J connectivity index is 1.61. The number of fused-ring (bicyclic) bond motifs is 3. The average Bonchev–Trinajstić information content (AvgIpc) is 3.29. The van der Waals surface area contributed by atoms with Gasteiger partial charge >= 0.3 is 0 Å². The van der Waals surface area contributed by atoms with E-state index in [-0.39, 0.29) is 0 Å². The summed E-state index contributed by atoms with van der Waals surface area (Å²) in [5.41, 5.74) is 5.84. The Morgan fingerprint density at radius 1 is 1.17 bits per heavy atom. The lowest BCUT2D eigenvalue weighted by molar-refractivity contribution is -0.0360. The topological polar surface area (TPSA) is 0 Å². The fourth-order valence-electron chi connectivity index (χ4n) is 7.04. The smallest absolute Gasteiger partial charge is 0.00946 e. The lowest BCUT2D eigenvalue weighted by atomic mass is 9.48. The molecule has 0 radical (unpaired) electrons. The first-order valence-corrected chi connectivity index (χ1v) is 10.5. The summed E-state index contributed by atoms with van der Waals surface area (Å²) in [4.78, 5) is 0. The summed E-state index contributed by atoms with van der Waals surface area (Å²) in [7, 11) is 0. The van der Waals surface area contributed by atoms with E-state index in [4.69, 9.17) is 0 Å². The first-order chi connectivity index (χ1) is 11.4. The number of hydrogen-bond donors (Lipinski definition) is 0. The lowest BCUT2D eigenvalue weighted by Gasteiger charge is -2.56. The van der Waals surface area contributed by atoms with Gasteiger partial charge in [-0.1, -0.05) is 57.6 Å². The van der Waals surface area contributed by atoms with Crippen molar-refractivity contribution >= 4 is 0 Å². The van der Waals surface area contributed by atoms with E-state index < -0.39 is 0 Å². The minimum Gasteiger partial charge on any atom is -0.0996 e. The Kier molecular flexibility index (Phi) is 3.90. The van der Waals surface area contributed by atoms with Crippen molar-refractivity contribution in [1.82, 2.24) is 0 Å². The van der Waals surface area contributed by atoms with Crippen LogP contribution in [0, 0.1) is 34.5 Å². The van der Waals surface area contributed by atoms with Crippen molar-refractivity contribution in [3.8, 4) is 0 Å². The number of rotatable bonds is 3. The van der Waals surface area contributed by atoms with Gasteiger partial charge in [-0.15, -0.1) is 0 Å². The first kappa shape index (κ1) is 16.7. The molecule has 4 rings (SSSR count). The normalized spacial score (nSPS) is 44.7. The van der Waals surface area contributed by atoms with Crippen molar-refractivity contribution in [3.05, 3.63) is 35.5 Å². The summed E-state index contributed by atoms with van der Waals surface area (Å²) >= 11 is 0. The highest BCUT2D eigenvalue weighted by atomic mass is 14.6. The monoisotopic (exact) mass is 324 g/mol. The molecule has 0 saturated heterocycles. The fraction of sp³-hybridized carbons (Fsp3) is 0.750. The molecule has 0 bridgehead atoms. The Morgan fingerprint density at radius 3 is 2.58 bits per heavy atom. The van der Waals surface area contributed by atoms with Crippen LogP contribution in [0.2, 0.25) is 0 Å². The second-order valence-corrected chi connectivity index (χ2v) is 9.98. The summed E-state index contributed by atoms with van der Waals surface area (Å²) in [6, 6.07) is 0. The Hall–Kier alpha value is -0.780. The standard InChI is InChI=1S/C24H36/c1-6-16(2)20-11-12-22-19-10-9-18(15-17-7-8-17)23(3,4)21(19)13-14-24(20,22)5/h7,15,19-22H,2,6,8-14H2,1,3-5H3/b18-15-. The molecular weight excluding hydrogens is 288 g/mol. The van der Waals surface area contributed by atoms with Crippen LogP contribution in [0.4, 0.5) is 0 Å². The van der Waals surface area contributed by atoms with Gasteiger partial charge in [0.05, 0.1) is 0 Å². The third-order valence-electron chi connectivity index (χ3n) is 8.69. The molecule has 5 atom stereocenters. The predicted molar refractivity (Wildman–Crippen MR) is 104 cm³/mol. The fourth-order valence-corrected chi connectivity index (χ4v) is 7.04. The summed E-state index contributed by atoms with van der Waals surface area (Å²) in [6.45, 7) is 14.5. The third-order valence-corrected chi connectivity index (χ3v) is 8.69. The third kappa shape index (κ3) is 2.39. The van der Waals surface area contributed by atoms with Gasteiger partial charge in [0.2, 0.25) is 0 Å². The maximum Gasteiger partial charge on any atom is -0.00946 e. The minimum atomic E-state index is 0.410. The van der Waals surface area contributed by atoms with E-state index in [2.05, 4.69) is 46.4 Å². The van der Waals surface area contributed by atoms with Crippen LogP contribution < -0.4 is 0 Å². The molecule has 4 aliphatic rings. The highest BCUT2D eigenvalue weighted by Crippen LogP contribution is 2.66. The van der Waals surface area contributed by atoms with Gasteiger partial charge in [-0.2, -0.15) is 0 Å². The van der Waals surface area contributed by atoms with E-state index in [0.29, 0.717) is 10.8 Å². The lowest BCUT2D eigenvalue weighted by Crippen LogP contribution is -2.48. The molecule has 132 valence electrons. The van der Waals surface area contributed by atoms with Crippen molar-refractivity contribution in [1.29, 1.82) is 0 Å². The van der Waals surface area contributed by atoms with Crippen molar-refractivity contribution in [2.45, 2.75) is 79.1 Å². The maximum absolute atomic E-state index is 4.46. The second kappa shape index (κ2) is 5.61. The predicted octanol–water partition coefficient (Wildman–Crippen LogP) is 7.09. The van der Waals surface area contributed by atoms with Crippen LogP contribution in [0.1, 0.15) is 79.1 Å². The Labute approximate surface area is 149 Å². The zero-order valence-corrected chi connectivity index (χ0v) is 16.3. The van der Waals surface area contributed by atoms with E-state index in [0.717, 1.165) is 23.7 Å². The molecular formula is C24H36. The molecule has 3 fully saturated rings. The molecule has 0 spiro atoms. The first-order valence-electron chi connectivity index (χ1n) is 10.5. The Bertz CT molecular complexity index is 602. The molecule has 0 N–H and O–H groups in total. The molecule has 24 heavy (non-hydrogen) atoms. The van der Waals surface area contributed by atoms with Gasteiger partial charge in [-0.3, -0.25) is 0 Å². The molecule has 0 aromatic rings. The van der Waals surface area contributed by atoms with E-state index in [1.807, 2.05) is 0 Å². The second-order valence-electron chi connectivity index (χ2n) is 9.98. The van der Waals surface area contributed by atoms with Crippen molar-refractivity contribution in [2.75, 3.05) is 0 Å². The highest BCUT2D eigenvalue weighted by Gasteiger charge is 2.57. The zero-order valence-electron chi connectivity index (χ0n) is 16.3. The van der Waals surface area contributed by atoms with Gasteiger partial charge in [0, 0.05) is 0 Å². The van der Waals surface area contributed by atoms with Gasteiger partial charge in [0.1, 0.15) is 0 Å². The quantitative estimate of drug-likeness (QED) is 0.486. The van der Waals surface area contributed by atoms with E-state index in [9.17, 15) is 0 Å². The molecule has 4 aliphatic carbocycles. The summed E-state index contributed by atoms with van der Waals surface area (Å²) < 4.78 is 0. The summed E-state index contributed by atoms with van der Waals surface area (Å²) in [6.07, 6.45) is 15.9. The number of hydrogen-bond acceptors (Lipinski definition) is 0. The van der Waals surface area contributed by atoms with Crippen molar-refractivity contribution < 1.29 is 0 Å². The molecule has 0 aliphatic heterocycles. The number of allylic oxidation sites excluding steroid dienone is 5. The Morgan fingerprint density at radius 2 is 1.92 bits per heavy atom. The van der Waals surface area contributed by atoms with Gasteiger partial charge in [-0.05, 0) is 91.4 Å². The van der Waals surface area contributed by atoms with Gasteiger partial charge < -0.3 is 0 Å². The largest absolute Gasteiger partial charge is 0.0996 e. The zero-order chi connectivity index (χ0) is 17.1. The van der Waals surface area contributed by atoms with Crippen LogP contribution in [0.3, 0.4) is 0 Å². The van der Waals surface area contributed by atoms with Gasteiger partial charge in [-0.25, -0.2) is 0 Å². The summed E-state index contributed by atoms with van der Waals surface area (Å²) in [5.74, 6) is 3.61. The highest BCUT2D eigenvalue weighted by molar-refractivity contribution is 5.39. The van der Waals surface area contributed by atoms with Crippen LogP contribution in [0.5, 0.6) is 0 Å². The molecule has 0 aromatic heterocycles. The maximum atomic E-state index is 4.46. The average molecular weight is 325 g/mol. The molecule has 3 saturated carbocycles. The van der Waals surface area contributed by atoms with Gasteiger partial charge in [0.25, 0.3) is 0 Å². The molecule has 0 heteroatoms. The summed E-state index contributed by atoms with van der Waals surface area (Å²) in [5, 5.41) is 0. The van der Waals surface area contributed by atoms with E-state index in [1.54, 1.807) is 11.1 Å². The van der Waals surface area contributed by atoms with Crippen LogP contribution in [-0.4, -0.2) is 0 Å². The van der Waals surface area contributed by atoms with Crippen LogP contribution in [0.15, 0.2) is 35.5 Å². The minimum absolute atomic E-state index is 0.410. The van der Waals surface area contributed by atoms with Crippen LogP contribution in [-0.2, 0) is 0 Å². The van der Waals surface area contributed by atoms with Gasteiger partial charge in [0.15, 0.2) is 0 Å². The van der Waals surface area contributed by atoms with Crippen LogP contribution in [0.25, 0.3) is 0 Å². The van der Waals surface area contributed by atoms with Crippen molar-refractivity contribution in [2.24, 2.45) is 34.5 Å². The van der Waals surface area contributed by atoms with Crippen LogP contribution >= 0.6 is 0 Å². The molecule has 0 nitrogen and oxygen atoms in total. The molecule has 0 aromatic carbocycles. The molecule has 0 heterocycles. The van der Waals surface area contributed by atoms with E-state index >= 15 is 0 Å². The van der Waals surface area contributed by atoms with E-state index in [1.165, 1.54) is 56.9 Å². The molecule has 0 amide bonds. The molecule has 5 unspecified atom stereocenters.